The van der Waals surface area contributed by atoms with Crippen molar-refractivity contribution in [3.05, 3.63) is 74.5 Å². The molecule has 0 saturated heterocycles. The largest absolute Gasteiger partial charge is 0.391 e. The van der Waals surface area contributed by atoms with Gasteiger partial charge in [0.05, 0.1) is 21.7 Å². The van der Waals surface area contributed by atoms with Gasteiger partial charge >= 0.3 is 0 Å². The van der Waals surface area contributed by atoms with Crippen molar-refractivity contribution < 1.29 is 14.2 Å². The van der Waals surface area contributed by atoms with Crippen LogP contribution in [-0.2, 0) is 11.4 Å². The Morgan fingerprint density at radius 3 is 2.81 bits per heavy atom. The zero-order chi connectivity index (χ0) is 15.2. The molecule has 5 nitrogen and oxygen atoms in total. The lowest BCUT2D eigenvalue weighted by atomic mass is 10.2. The van der Waals surface area contributed by atoms with Gasteiger partial charge in [-0.25, -0.2) is 4.39 Å². The summed E-state index contributed by atoms with van der Waals surface area (Å²) < 4.78 is 13.4. The van der Waals surface area contributed by atoms with E-state index in [0.29, 0.717) is 5.56 Å². The molecule has 0 aliphatic heterocycles. The summed E-state index contributed by atoms with van der Waals surface area (Å²) >= 11 is 5.82. The van der Waals surface area contributed by atoms with Gasteiger partial charge in [0, 0.05) is 12.1 Å². The second-order valence-electron chi connectivity index (χ2n) is 4.07. The topological polar surface area (TPSA) is 64.7 Å². The molecule has 7 heteroatoms. The number of halogens is 2. The summed E-state index contributed by atoms with van der Waals surface area (Å²) in [6.07, 6.45) is 1.16. The van der Waals surface area contributed by atoms with Crippen LogP contribution in [0.1, 0.15) is 11.1 Å². The van der Waals surface area contributed by atoms with Gasteiger partial charge in [0.15, 0.2) is 0 Å². The highest BCUT2D eigenvalue weighted by atomic mass is 35.5. The van der Waals surface area contributed by atoms with E-state index in [0.717, 1.165) is 6.21 Å². The maximum atomic E-state index is 13.4. The Labute approximate surface area is 124 Å². The molecule has 0 fully saturated rings. The first-order valence-corrected chi connectivity index (χ1v) is 6.28. The van der Waals surface area contributed by atoms with Crippen molar-refractivity contribution in [1.29, 1.82) is 0 Å². The molecule has 2 aromatic carbocycles. The second kappa shape index (κ2) is 6.81. The van der Waals surface area contributed by atoms with Crippen LogP contribution in [0.2, 0.25) is 5.02 Å². The van der Waals surface area contributed by atoms with Crippen molar-refractivity contribution in [2.45, 2.75) is 6.61 Å². The van der Waals surface area contributed by atoms with Crippen LogP contribution in [0.5, 0.6) is 0 Å². The summed E-state index contributed by atoms with van der Waals surface area (Å²) in [7, 11) is 0. The molecule has 2 rings (SSSR count). The molecular weight excluding hydrogens is 299 g/mol. The molecule has 0 N–H and O–H groups in total. The molecule has 0 unspecified atom stereocenters. The van der Waals surface area contributed by atoms with Gasteiger partial charge < -0.3 is 4.84 Å². The Morgan fingerprint density at radius 1 is 1.33 bits per heavy atom. The fourth-order valence-corrected chi connectivity index (χ4v) is 1.81. The highest BCUT2D eigenvalue weighted by Crippen LogP contribution is 2.17. The average Bonchev–Trinajstić information content (AvgIpc) is 2.46. The molecule has 0 heterocycles. The number of nitro groups is 1. The van der Waals surface area contributed by atoms with Gasteiger partial charge in [0.1, 0.15) is 12.4 Å². The van der Waals surface area contributed by atoms with Crippen LogP contribution < -0.4 is 0 Å². The van der Waals surface area contributed by atoms with Crippen molar-refractivity contribution in [3.8, 4) is 0 Å². The summed E-state index contributed by atoms with van der Waals surface area (Å²) in [5.41, 5.74) is 0.677. The van der Waals surface area contributed by atoms with Crippen molar-refractivity contribution >= 4 is 23.5 Å². The molecule has 0 bridgehead atoms. The number of nitro benzene ring substituents is 1. The summed E-state index contributed by atoms with van der Waals surface area (Å²) in [6, 6.07) is 10.3. The van der Waals surface area contributed by atoms with E-state index in [1.165, 1.54) is 30.3 Å². The first-order valence-electron chi connectivity index (χ1n) is 5.90. The highest BCUT2D eigenvalue weighted by molar-refractivity contribution is 6.33. The normalized spacial score (nSPS) is 10.8. The van der Waals surface area contributed by atoms with E-state index in [9.17, 15) is 14.5 Å². The molecule has 0 spiro atoms. The van der Waals surface area contributed by atoms with Crippen molar-refractivity contribution in [2.24, 2.45) is 5.16 Å². The number of nitrogens with zero attached hydrogens (tertiary/aromatic N) is 2. The third-order valence-corrected chi connectivity index (χ3v) is 2.94. The van der Waals surface area contributed by atoms with Crippen LogP contribution in [0.15, 0.2) is 47.6 Å². The Morgan fingerprint density at radius 2 is 2.10 bits per heavy atom. The zero-order valence-electron chi connectivity index (χ0n) is 10.7. The SMILES string of the molecule is O=[N+]([O-])c1cccc(CO/N=C\c2c(F)cccc2Cl)c1. The molecule has 0 atom stereocenters. The number of non-ortho nitro benzene ring substituents is 1. The van der Waals surface area contributed by atoms with Crippen LogP contribution in [-0.4, -0.2) is 11.1 Å². The molecule has 0 saturated carbocycles. The van der Waals surface area contributed by atoms with Gasteiger partial charge in [-0.05, 0) is 17.7 Å². The van der Waals surface area contributed by atoms with E-state index < -0.39 is 10.7 Å². The molecule has 0 amide bonds. The van der Waals surface area contributed by atoms with E-state index in [1.807, 2.05) is 0 Å². The Balaban J connectivity index is 2.00. The molecule has 0 aromatic heterocycles. The standard InChI is InChI=1S/C14H10ClFN2O3/c15-13-5-2-6-14(16)12(13)8-17-21-9-10-3-1-4-11(7-10)18(19)20/h1-8H,9H2/b17-8-. The number of rotatable bonds is 5. The lowest BCUT2D eigenvalue weighted by Crippen LogP contribution is -1.93. The third-order valence-electron chi connectivity index (χ3n) is 2.61. The minimum absolute atomic E-state index is 0.0303. The first kappa shape index (κ1) is 14.9. The van der Waals surface area contributed by atoms with Gasteiger partial charge in [-0.1, -0.05) is 35.0 Å². The molecular formula is C14H10ClFN2O3. The van der Waals surface area contributed by atoms with Crippen molar-refractivity contribution in [2.75, 3.05) is 0 Å². The monoisotopic (exact) mass is 308 g/mol. The maximum absolute atomic E-state index is 13.4. The van der Waals surface area contributed by atoms with Crippen LogP contribution in [0.25, 0.3) is 0 Å². The second-order valence-corrected chi connectivity index (χ2v) is 4.48. The fourth-order valence-electron chi connectivity index (χ4n) is 1.60. The summed E-state index contributed by atoms with van der Waals surface area (Å²) in [4.78, 5) is 15.1. The zero-order valence-corrected chi connectivity index (χ0v) is 11.5. The van der Waals surface area contributed by atoms with Gasteiger partial charge in [0.2, 0.25) is 0 Å². The van der Waals surface area contributed by atoms with Gasteiger partial charge in [-0.3, -0.25) is 10.1 Å². The molecule has 108 valence electrons. The number of hydrogen-bond acceptors (Lipinski definition) is 4. The fraction of sp³-hybridized carbons (Fsp3) is 0.0714. The van der Waals surface area contributed by atoms with Crippen LogP contribution >= 0.6 is 11.6 Å². The minimum atomic E-state index is -0.509. The summed E-state index contributed by atoms with van der Waals surface area (Å²) in [5.74, 6) is -0.509. The maximum Gasteiger partial charge on any atom is 0.269 e. The molecule has 0 aliphatic rings. The van der Waals surface area contributed by atoms with Crippen molar-refractivity contribution in [1.82, 2.24) is 0 Å². The Bertz CT molecular complexity index is 671. The van der Waals surface area contributed by atoms with Gasteiger partial charge in [0.25, 0.3) is 5.69 Å². The highest BCUT2D eigenvalue weighted by Gasteiger charge is 2.06. The number of benzene rings is 2. The predicted octanol–water partition coefficient (Wildman–Crippen LogP) is 3.94. The molecule has 0 aliphatic carbocycles. The van der Waals surface area contributed by atoms with E-state index in [2.05, 4.69) is 5.16 Å². The molecule has 2 aromatic rings. The van der Waals surface area contributed by atoms with Gasteiger partial charge in [-0.15, -0.1) is 0 Å². The smallest absolute Gasteiger partial charge is 0.269 e. The lowest BCUT2D eigenvalue weighted by molar-refractivity contribution is -0.384. The Hall–Kier alpha value is -2.47. The molecule has 21 heavy (non-hydrogen) atoms. The quantitative estimate of drug-likeness (QED) is 0.477. The third kappa shape index (κ3) is 4.00. The minimum Gasteiger partial charge on any atom is -0.391 e. The number of oxime groups is 1. The number of hydrogen-bond donors (Lipinski definition) is 0. The van der Waals surface area contributed by atoms with E-state index in [4.69, 9.17) is 16.4 Å². The average molecular weight is 309 g/mol. The summed E-state index contributed by atoms with van der Waals surface area (Å²) in [5, 5.41) is 14.5. The van der Waals surface area contributed by atoms with E-state index in [-0.39, 0.29) is 22.9 Å². The van der Waals surface area contributed by atoms with Crippen LogP contribution in [0.3, 0.4) is 0 Å². The van der Waals surface area contributed by atoms with Crippen LogP contribution in [0, 0.1) is 15.9 Å². The van der Waals surface area contributed by atoms with Crippen LogP contribution in [0.4, 0.5) is 10.1 Å². The molecule has 0 radical (unpaired) electrons. The predicted molar refractivity (Wildman–Crippen MR) is 76.9 cm³/mol. The van der Waals surface area contributed by atoms with Gasteiger partial charge in [-0.2, -0.15) is 0 Å². The first-order chi connectivity index (χ1) is 10.1. The van der Waals surface area contributed by atoms with E-state index in [1.54, 1.807) is 12.1 Å². The van der Waals surface area contributed by atoms with Crippen molar-refractivity contribution in [3.63, 3.8) is 0 Å². The lowest BCUT2D eigenvalue weighted by Gasteiger charge is -2.01. The summed E-state index contributed by atoms with van der Waals surface area (Å²) in [6.45, 7) is 0.0320. The van der Waals surface area contributed by atoms with E-state index >= 15 is 0 Å². The Kier molecular flexibility index (Phi) is 4.84.